The number of hydrogen-bond acceptors (Lipinski definition) is 3. The van der Waals surface area contributed by atoms with Gasteiger partial charge in [-0.15, -0.1) is 29.1 Å². The van der Waals surface area contributed by atoms with E-state index in [1.54, 1.807) is 18.2 Å². The van der Waals surface area contributed by atoms with E-state index in [0.29, 0.717) is 5.69 Å². The van der Waals surface area contributed by atoms with Gasteiger partial charge in [-0.1, -0.05) is 71.7 Å². The van der Waals surface area contributed by atoms with E-state index >= 15 is 0 Å². The molecule has 36 heavy (non-hydrogen) atoms. The molecule has 0 saturated carbocycles. The number of hydrogen-bond donors (Lipinski definition) is 0. The molecule has 3 heterocycles. The van der Waals surface area contributed by atoms with Crippen LogP contribution in [0.4, 0.5) is 13.2 Å². The van der Waals surface area contributed by atoms with Crippen LogP contribution in [0.25, 0.3) is 44.3 Å². The SMILES string of the molecule is FC(F)(F)c1cc(-c2ccccn2)[n-]n1.[Ir].[c-]1ccc2ccccc2c1-c1ccc2ccccc2n1. The third-order valence-corrected chi connectivity index (χ3v) is 5.33. The summed E-state index contributed by atoms with van der Waals surface area (Å²) in [4.78, 5) is 8.64. The quantitative estimate of drug-likeness (QED) is 0.189. The summed E-state index contributed by atoms with van der Waals surface area (Å²) in [6.45, 7) is 0. The fraction of sp³-hybridized carbons (Fsp3) is 0.0357. The number of nitrogens with zero attached hydrogens (tertiary/aromatic N) is 4. The second-order valence-corrected chi connectivity index (χ2v) is 7.66. The Morgan fingerprint density at radius 3 is 2.25 bits per heavy atom. The monoisotopic (exact) mass is 659 g/mol. The molecule has 0 unspecified atom stereocenters. The third-order valence-electron chi connectivity index (χ3n) is 5.33. The minimum atomic E-state index is -4.46. The Kier molecular flexibility index (Phi) is 7.58. The van der Waals surface area contributed by atoms with E-state index in [2.05, 4.69) is 69.8 Å². The molecule has 0 saturated heterocycles. The Labute approximate surface area is 218 Å². The van der Waals surface area contributed by atoms with Gasteiger partial charge < -0.3 is 10.2 Å². The molecule has 6 aromatic rings. The Morgan fingerprint density at radius 2 is 1.50 bits per heavy atom. The molecule has 0 spiro atoms. The van der Waals surface area contributed by atoms with Crippen molar-refractivity contribution in [3.8, 4) is 22.6 Å². The molecule has 0 bridgehead atoms. The van der Waals surface area contributed by atoms with Gasteiger partial charge in [-0.3, -0.25) is 9.97 Å². The van der Waals surface area contributed by atoms with E-state index < -0.39 is 11.9 Å². The molecule has 0 atom stereocenters. The number of pyridine rings is 2. The summed E-state index contributed by atoms with van der Waals surface area (Å²) in [5.74, 6) is 0. The van der Waals surface area contributed by atoms with Gasteiger partial charge in [0.25, 0.3) is 0 Å². The summed E-state index contributed by atoms with van der Waals surface area (Å²) in [6.07, 6.45) is -2.97. The molecule has 3 aromatic heterocycles. The molecule has 1 radical (unpaired) electrons. The Balaban J connectivity index is 0.000000172. The summed E-state index contributed by atoms with van der Waals surface area (Å²) < 4.78 is 36.6. The van der Waals surface area contributed by atoms with E-state index in [0.717, 1.165) is 28.2 Å². The van der Waals surface area contributed by atoms with Crippen LogP contribution in [0.5, 0.6) is 0 Å². The van der Waals surface area contributed by atoms with Gasteiger partial charge in [0.05, 0.1) is 5.52 Å². The second kappa shape index (κ2) is 10.8. The van der Waals surface area contributed by atoms with Crippen LogP contribution in [-0.2, 0) is 26.3 Å². The van der Waals surface area contributed by atoms with E-state index in [1.807, 2.05) is 24.3 Å². The maximum atomic E-state index is 12.2. The average molecular weight is 659 g/mol. The van der Waals surface area contributed by atoms with Gasteiger partial charge in [0.1, 0.15) is 5.69 Å². The fourth-order valence-corrected chi connectivity index (χ4v) is 3.65. The topological polar surface area (TPSA) is 52.8 Å². The molecule has 6 rings (SSSR count). The van der Waals surface area contributed by atoms with Gasteiger partial charge in [-0.05, 0) is 35.3 Å². The Hall–Kier alpha value is -3.87. The Morgan fingerprint density at radius 1 is 0.750 bits per heavy atom. The summed E-state index contributed by atoms with van der Waals surface area (Å²) in [7, 11) is 0. The summed E-state index contributed by atoms with van der Waals surface area (Å²) in [5.41, 5.74) is 2.56. The van der Waals surface area contributed by atoms with Crippen LogP contribution < -0.4 is 5.10 Å². The normalized spacial score (nSPS) is 11.0. The van der Waals surface area contributed by atoms with Crippen molar-refractivity contribution in [2.45, 2.75) is 6.18 Å². The Bertz CT molecular complexity index is 1590. The molecule has 0 amide bonds. The maximum absolute atomic E-state index is 12.2. The van der Waals surface area contributed by atoms with Crippen molar-refractivity contribution in [2.75, 3.05) is 0 Å². The van der Waals surface area contributed by atoms with Crippen LogP contribution in [0.15, 0.2) is 103 Å². The van der Waals surface area contributed by atoms with Crippen molar-refractivity contribution in [3.05, 3.63) is 115 Å². The predicted molar refractivity (Wildman–Crippen MR) is 129 cm³/mol. The zero-order valence-corrected chi connectivity index (χ0v) is 21.0. The first-order valence-corrected chi connectivity index (χ1v) is 10.7. The number of alkyl halides is 3. The molecular weight excluding hydrogens is 642 g/mol. The third kappa shape index (κ3) is 5.51. The van der Waals surface area contributed by atoms with Crippen LogP contribution in [0.2, 0.25) is 0 Å². The van der Waals surface area contributed by atoms with E-state index in [-0.39, 0.29) is 25.8 Å². The fourth-order valence-electron chi connectivity index (χ4n) is 3.65. The number of benzene rings is 3. The molecule has 0 aliphatic heterocycles. The predicted octanol–water partition coefficient (Wildman–Crippen LogP) is 6.97. The van der Waals surface area contributed by atoms with Gasteiger partial charge in [0, 0.05) is 32.0 Å². The van der Waals surface area contributed by atoms with Gasteiger partial charge in [0.15, 0.2) is 0 Å². The van der Waals surface area contributed by atoms with Gasteiger partial charge in [-0.25, -0.2) is 0 Å². The first kappa shape index (κ1) is 25.2. The van der Waals surface area contributed by atoms with Gasteiger partial charge >= 0.3 is 6.18 Å². The minimum absolute atomic E-state index is 0. The standard InChI is InChI=1S/C19H12N.C9H5F3N3.Ir/c1-3-9-16-14(6-1)8-5-10-17(16)19-13-12-15-7-2-4-11-18(15)20-19;10-9(11,12)8-5-7(14-15-8)6-3-1-2-4-13-6;/h1-9,11-13H;1-5H;/q2*-1;. The second-order valence-electron chi connectivity index (χ2n) is 7.66. The van der Waals surface area contributed by atoms with Crippen molar-refractivity contribution >= 4 is 21.7 Å². The van der Waals surface area contributed by atoms with Crippen molar-refractivity contribution in [3.63, 3.8) is 0 Å². The van der Waals surface area contributed by atoms with Crippen LogP contribution in [-0.4, -0.2) is 15.1 Å². The zero-order chi connectivity index (χ0) is 24.3. The molecular formula is C28H17F3IrN4-2. The van der Waals surface area contributed by atoms with Gasteiger partial charge in [0.2, 0.25) is 0 Å². The van der Waals surface area contributed by atoms with Crippen LogP contribution >= 0.6 is 0 Å². The first-order valence-electron chi connectivity index (χ1n) is 10.7. The minimum Gasteiger partial charge on any atom is -0.573 e. The molecule has 4 nitrogen and oxygen atoms in total. The maximum Gasteiger partial charge on any atom is 0.431 e. The van der Waals surface area contributed by atoms with Crippen molar-refractivity contribution < 1.29 is 33.3 Å². The molecule has 0 aliphatic carbocycles. The number of fused-ring (bicyclic) bond motifs is 2. The van der Waals surface area contributed by atoms with Crippen LogP contribution in [0.3, 0.4) is 0 Å². The van der Waals surface area contributed by atoms with Crippen molar-refractivity contribution in [1.29, 1.82) is 0 Å². The van der Waals surface area contributed by atoms with Crippen molar-refractivity contribution in [2.24, 2.45) is 0 Å². The summed E-state index contributed by atoms with van der Waals surface area (Å²) in [5, 5.41) is 10.0. The number of halogens is 3. The van der Waals surface area contributed by atoms with E-state index in [9.17, 15) is 13.2 Å². The molecule has 0 fully saturated rings. The summed E-state index contributed by atoms with van der Waals surface area (Å²) >= 11 is 0. The van der Waals surface area contributed by atoms with E-state index in [1.165, 1.54) is 17.0 Å². The van der Waals surface area contributed by atoms with Crippen molar-refractivity contribution in [1.82, 2.24) is 20.2 Å². The largest absolute Gasteiger partial charge is 0.573 e. The van der Waals surface area contributed by atoms with E-state index in [4.69, 9.17) is 4.98 Å². The zero-order valence-electron chi connectivity index (χ0n) is 18.6. The molecule has 3 aromatic carbocycles. The van der Waals surface area contributed by atoms with Gasteiger partial charge in [-0.2, -0.15) is 13.2 Å². The average Bonchev–Trinajstić information content (AvgIpc) is 3.40. The number of aromatic nitrogens is 4. The molecule has 181 valence electrons. The number of rotatable bonds is 2. The molecule has 0 N–H and O–H groups in total. The molecule has 0 aliphatic rings. The van der Waals surface area contributed by atoms with Crippen LogP contribution in [0.1, 0.15) is 5.69 Å². The molecule has 8 heteroatoms. The van der Waals surface area contributed by atoms with Crippen LogP contribution in [0, 0.1) is 6.07 Å². The first-order chi connectivity index (χ1) is 17.0. The smallest absolute Gasteiger partial charge is 0.431 e. The number of para-hydroxylation sites is 1. The summed E-state index contributed by atoms with van der Waals surface area (Å²) in [6, 6.07) is 33.9.